The van der Waals surface area contributed by atoms with Crippen LogP contribution in [-0.2, 0) is 4.79 Å². The highest BCUT2D eigenvalue weighted by Gasteiger charge is 2.32. The number of carbonyl (C=O) groups is 1. The molecular formula is C20H20ClN3O3. The first-order valence-electron chi connectivity index (χ1n) is 8.89. The molecule has 2 atom stereocenters. The van der Waals surface area contributed by atoms with Crippen LogP contribution >= 0.6 is 11.6 Å². The Morgan fingerprint density at radius 1 is 1.33 bits per heavy atom. The molecule has 2 N–H and O–H groups in total. The van der Waals surface area contributed by atoms with Crippen molar-refractivity contribution in [2.24, 2.45) is 10.9 Å². The normalized spacial score (nSPS) is 19.9. The summed E-state index contributed by atoms with van der Waals surface area (Å²) in [6, 6.07) is 12.9. The van der Waals surface area contributed by atoms with Crippen molar-refractivity contribution in [1.82, 2.24) is 10.2 Å². The van der Waals surface area contributed by atoms with E-state index in [1.54, 1.807) is 13.0 Å². The average molecular weight is 386 g/mol. The summed E-state index contributed by atoms with van der Waals surface area (Å²) in [6.45, 7) is 3.66. The minimum atomic E-state index is -0.811. The largest absolute Gasteiger partial charge is 0.481 e. The minimum Gasteiger partial charge on any atom is -0.481 e. The van der Waals surface area contributed by atoms with Crippen LogP contribution in [0.2, 0.25) is 5.02 Å². The van der Waals surface area contributed by atoms with Crippen LogP contribution < -0.4 is 10.1 Å². The molecule has 1 saturated heterocycles. The second-order valence-electron chi connectivity index (χ2n) is 6.78. The summed E-state index contributed by atoms with van der Waals surface area (Å²) in [6.07, 6.45) is 0. The van der Waals surface area contributed by atoms with Crippen molar-refractivity contribution in [3.63, 3.8) is 0 Å². The van der Waals surface area contributed by atoms with Crippen LogP contribution in [0.5, 0.6) is 11.5 Å². The third-order valence-corrected chi connectivity index (χ3v) is 5.23. The number of halogens is 1. The number of ether oxygens (including phenoxy) is 1. The molecule has 27 heavy (non-hydrogen) atoms. The molecule has 140 valence electrons. The van der Waals surface area contributed by atoms with Gasteiger partial charge in [-0.15, -0.1) is 0 Å². The molecule has 0 spiro atoms. The molecule has 0 aliphatic carbocycles. The maximum absolute atomic E-state index is 11.4. The second-order valence-corrected chi connectivity index (χ2v) is 7.22. The van der Waals surface area contributed by atoms with Gasteiger partial charge in [-0.2, -0.15) is 0 Å². The molecule has 0 aromatic heterocycles. The second kappa shape index (κ2) is 7.21. The van der Waals surface area contributed by atoms with E-state index in [-0.39, 0.29) is 6.04 Å². The number of hydrogen-bond acceptors (Lipinski definition) is 5. The van der Waals surface area contributed by atoms with E-state index in [4.69, 9.17) is 21.3 Å². The summed E-state index contributed by atoms with van der Waals surface area (Å²) in [5.41, 5.74) is 1.54. The van der Waals surface area contributed by atoms with Crippen LogP contribution in [0.25, 0.3) is 0 Å². The predicted molar refractivity (Wildman–Crippen MR) is 104 cm³/mol. The van der Waals surface area contributed by atoms with E-state index in [9.17, 15) is 9.90 Å². The summed E-state index contributed by atoms with van der Waals surface area (Å²) in [5.74, 6) is 0.809. The van der Waals surface area contributed by atoms with Crippen LogP contribution in [0.3, 0.4) is 0 Å². The summed E-state index contributed by atoms with van der Waals surface area (Å²) in [4.78, 5) is 18.4. The molecule has 2 aromatic rings. The van der Waals surface area contributed by atoms with Gasteiger partial charge in [-0.1, -0.05) is 30.7 Å². The molecule has 2 aliphatic heterocycles. The number of amidine groups is 1. The van der Waals surface area contributed by atoms with Gasteiger partial charge in [-0.25, -0.2) is 4.99 Å². The van der Waals surface area contributed by atoms with Gasteiger partial charge in [0.2, 0.25) is 0 Å². The van der Waals surface area contributed by atoms with Crippen molar-refractivity contribution in [1.29, 1.82) is 0 Å². The average Bonchev–Trinajstić information content (AvgIpc) is 2.84. The Labute approximate surface area is 162 Å². The summed E-state index contributed by atoms with van der Waals surface area (Å²) in [5, 5.41) is 13.3. The van der Waals surface area contributed by atoms with Crippen LogP contribution in [-0.4, -0.2) is 47.5 Å². The predicted octanol–water partition coefficient (Wildman–Crippen LogP) is 3.52. The fourth-order valence-corrected chi connectivity index (χ4v) is 3.59. The van der Waals surface area contributed by atoms with Crippen molar-refractivity contribution < 1.29 is 14.6 Å². The van der Waals surface area contributed by atoms with Gasteiger partial charge in [0, 0.05) is 30.7 Å². The number of nitrogens with one attached hydrogen (secondary N) is 1. The van der Waals surface area contributed by atoms with Gasteiger partial charge < -0.3 is 20.1 Å². The molecule has 1 unspecified atom stereocenters. The van der Waals surface area contributed by atoms with Crippen molar-refractivity contribution in [3.8, 4) is 11.5 Å². The lowest BCUT2D eigenvalue weighted by Crippen LogP contribution is -2.56. The lowest BCUT2D eigenvalue weighted by molar-refractivity contribution is -0.142. The molecule has 7 heteroatoms. The summed E-state index contributed by atoms with van der Waals surface area (Å²) in [7, 11) is 0. The van der Waals surface area contributed by atoms with Gasteiger partial charge in [0.05, 0.1) is 11.5 Å². The first-order chi connectivity index (χ1) is 13.0. The molecular weight excluding hydrogens is 366 g/mol. The number of nitrogens with zero attached hydrogens (tertiary/aromatic N) is 2. The molecule has 0 saturated carbocycles. The number of aliphatic carboxylic acids is 1. The monoisotopic (exact) mass is 385 g/mol. The third kappa shape index (κ3) is 3.50. The fraction of sp³-hybridized carbons (Fsp3) is 0.300. The first kappa shape index (κ1) is 17.8. The smallest absolute Gasteiger partial charge is 0.307 e. The highest BCUT2D eigenvalue weighted by Crippen LogP contribution is 2.39. The standard InChI is InChI=1S/C20H20ClN3O3/c1-12(20(25)26)16-11-24(9-8-22-16)19-14-10-13(21)6-7-17(14)27-18-5-3-2-4-15(18)23-19/h2-7,10,12,16,22H,8-9,11H2,1H3,(H,25,26)/t12-,16?/m1/s1. The molecule has 6 nitrogen and oxygen atoms in total. The number of aliphatic imine (C=N–C) groups is 1. The minimum absolute atomic E-state index is 0.166. The quantitative estimate of drug-likeness (QED) is 0.827. The van der Waals surface area contributed by atoms with Gasteiger partial charge >= 0.3 is 5.97 Å². The Morgan fingerprint density at radius 2 is 2.15 bits per heavy atom. The van der Waals surface area contributed by atoms with E-state index in [0.717, 1.165) is 23.6 Å². The Kier molecular flexibility index (Phi) is 4.76. The summed E-state index contributed by atoms with van der Waals surface area (Å²) >= 11 is 6.25. The van der Waals surface area contributed by atoms with Crippen molar-refractivity contribution >= 4 is 29.1 Å². The number of hydrogen-bond donors (Lipinski definition) is 2. The molecule has 2 aliphatic rings. The molecule has 2 aromatic carbocycles. The Bertz CT molecular complexity index is 915. The lowest BCUT2D eigenvalue weighted by Gasteiger charge is -2.37. The van der Waals surface area contributed by atoms with E-state index in [2.05, 4.69) is 10.2 Å². The topological polar surface area (TPSA) is 74.2 Å². The number of para-hydroxylation sites is 2. The number of fused-ring (bicyclic) bond motifs is 2. The maximum atomic E-state index is 11.4. The van der Waals surface area contributed by atoms with Gasteiger partial charge in [-0.3, -0.25) is 4.79 Å². The van der Waals surface area contributed by atoms with Gasteiger partial charge in [0.25, 0.3) is 0 Å². The molecule has 0 radical (unpaired) electrons. The number of rotatable bonds is 2. The Morgan fingerprint density at radius 3 is 2.96 bits per heavy atom. The first-order valence-corrected chi connectivity index (χ1v) is 9.27. The zero-order valence-electron chi connectivity index (χ0n) is 14.9. The SMILES string of the molecule is C[C@@H](C(=O)O)C1CN(C2=Nc3ccccc3Oc3ccc(Cl)cc32)CCN1. The lowest BCUT2D eigenvalue weighted by atomic mass is 9.99. The van der Waals surface area contributed by atoms with Gasteiger partial charge in [0.1, 0.15) is 17.3 Å². The molecule has 0 bridgehead atoms. The van der Waals surface area contributed by atoms with Crippen LogP contribution in [0.1, 0.15) is 12.5 Å². The van der Waals surface area contributed by atoms with Gasteiger partial charge in [0.15, 0.2) is 5.75 Å². The molecule has 1 fully saturated rings. The molecule has 2 heterocycles. The van der Waals surface area contributed by atoms with E-state index in [1.165, 1.54) is 0 Å². The Hall–Kier alpha value is -2.57. The number of benzene rings is 2. The highest BCUT2D eigenvalue weighted by molar-refractivity contribution is 6.31. The Balaban J connectivity index is 1.77. The number of carboxylic acids is 1. The number of carboxylic acid groups (broad SMARTS) is 1. The number of piperazine rings is 1. The van der Waals surface area contributed by atoms with E-state index in [0.29, 0.717) is 29.6 Å². The fourth-order valence-electron chi connectivity index (χ4n) is 3.41. The van der Waals surface area contributed by atoms with E-state index >= 15 is 0 Å². The summed E-state index contributed by atoms with van der Waals surface area (Å²) < 4.78 is 6.08. The van der Waals surface area contributed by atoms with Crippen LogP contribution in [0, 0.1) is 5.92 Å². The van der Waals surface area contributed by atoms with Crippen molar-refractivity contribution in [2.45, 2.75) is 13.0 Å². The highest BCUT2D eigenvalue weighted by atomic mass is 35.5. The van der Waals surface area contributed by atoms with Gasteiger partial charge in [-0.05, 0) is 30.3 Å². The maximum Gasteiger partial charge on any atom is 0.307 e. The van der Waals surface area contributed by atoms with Crippen molar-refractivity contribution in [2.75, 3.05) is 19.6 Å². The molecule has 0 amide bonds. The van der Waals surface area contributed by atoms with E-state index in [1.807, 2.05) is 36.4 Å². The zero-order chi connectivity index (χ0) is 19.0. The zero-order valence-corrected chi connectivity index (χ0v) is 15.6. The van der Waals surface area contributed by atoms with Crippen molar-refractivity contribution in [3.05, 3.63) is 53.1 Å². The molecule has 4 rings (SSSR count). The van der Waals surface area contributed by atoms with Crippen LogP contribution in [0.4, 0.5) is 5.69 Å². The van der Waals surface area contributed by atoms with Crippen LogP contribution in [0.15, 0.2) is 47.5 Å². The van der Waals surface area contributed by atoms with E-state index < -0.39 is 11.9 Å². The third-order valence-electron chi connectivity index (χ3n) is 4.99.